The molecule has 0 aromatic heterocycles. The molecule has 0 radical (unpaired) electrons. The number of benzene rings is 1. The molecule has 0 aliphatic rings. The number of hydrogen-bond acceptors (Lipinski definition) is 3. The molecule has 1 unspecified atom stereocenters. The summed E-state index contributed by atoms with van der Waals surface area (Å²) in [4.78, 5) is 4.10. The summed E-state index contributed by atoms with van der Waals surface area (Å²) >= 11 is 0. The monoisotopic (exact) mass is 277 g/mol. The summed E-state index contributed by atoms with van der Waals surface area (Å²) < 4.78 is 10.9. The van der Waals surface area contributed by atoms with Gasteiger partial charge >= 0.3 is 0 Å². The molecule has 2 N–H and O–H groups in total. The summed E-state index contributed by atoms with van der Waals surface area (Å²) in [6.45, 7) is 6.98. The van der Waals surface area contributed by atoms with E-state index in [9.17, 15) is 0 Å². The van der Waals surface area contributed by atoms with Crippen molar-refractivity contribution in [1.29, 1.82) is 0 Å². The number of aliphatic imine (C=N–C) groups is 1. The van der Waals surface area contributed by atoms with E-state index in [0.717, 1.165) is 17.5 Å². The SMILES string of the molecule is C=CCNC(=NC)NCC(C)Oc1ccc(OC)cc1. The minimum atomic E-state index is 0.0191. The van der Waals surface area contributed by atoms with Crippen LogP contribution in [-0.2, 0) is 0 Å². The number of methoxy groups -OCH3 is 1. The van der Waals surface area contributed by atoms with Gasteiger partial charge in [0.15, 0.2) is 5.96 Å². The summed E-state index contributed by atoms with van der Waals surface area (Å²) in [7, 11) is 3.37. The Kier molecular flexibility index (Phi) is 7.03. The van der Waals surface area contributed by atoms with Crippen molar-refractivity contribution in [2.75, 3.05) is 27.2 Å². The van der Waals surface area contributed by atoms with E-state index in [1.807, 2.05) is 31.2 Å². The summed E-state index contributed by atoms with van der Waals surface area (Å²) in [5.41, 5.74) is 0. The quantitative estimate of drug-likeness (QED) is 0.453. The highest BCUT2D eigenvalue weighted by molar-refractivity contribution is 5.79. The minimum absolute atomic E-state index is 0.0191. The maximum absolute atomic E-state index is 5.79. The van der Waals surface area contributed by atoms with E-state index in [1.54, 1.807) is 20.2 Å². The van der Waals surface area contributed by atoms with E-state index < -0.39 is 0 Å². The van der Waals surface area contributed by atoms with Crippen LogP contribution >= 0.6 is 0 Å². The van der Waals surface area contributed by atoms with Gasteiger partial charge in [-0.15, -0.1) is 6.58 Å². The zero-order valence-corrected chi connectivity index (χ0v) is 12.3. The van der Waals surface area contributed by atoms with Gasteiger partial charge in [-0.05, 0) is 31.2 Å². The fourth-order valence-corrected chi connectivity index (χ4v) is 1.56. The van der Waals surface area contributed by atoms with E-state index in [1.165, 1.54) is 0 Å². The molecule has 1 rings (SSSR count). The average molecular weight is 277 g/mol. The number of nitrogens with one attached hydrogen (secondary N) is 2. The molecular weight excluding hydrogens is 254 g/mol. The van der Waals surface area contributed by atoms with Gasteiger partial charge in [0.05, 0.1) is 13.7 Å². The third kappa shape index (κ3) is 5.65. The maximum Gasteiger partial charge on any atom is 0.191 e. The van der Waals surface area contributed by atoms with Crippen LogP contribution in [-0.4, -0.2) is 39.3 Å². The van der Waals surface area contributed by atoms with Crippen molar-refractivity contribution in [2.45, 2.75) is 13.0 Å². The van der Waals surface area contributed by atoms with Gasteiger partial charge in [-0.2, -0.15) is 0 Å². The van der Waals surface area contributed by atoms with Gasteiger partial charge in [-0.25, -0.2) is 0 Å². The van der Waals surface area contributed by atoms with Gasteiger partial charge in [0.1, 0.15) is 17.6 Å². The Hall–Kier alpha value is -2.17. The van der Waals surface area contributed by atoms with Gasteiger partial charge in [0.25, 0.3) is 0 Å². The minimum Gasteiger partial charge on any atom is -0.497 e. The Balaban J connectivity index is 2.38. The van der Waals surface area contributed by atoms with Crippen LogP contribution in [0.2, 0.25) is 0 Å². The van der Waals surface area contributed by atoms with E-state index in [2.05, 4.69) is 22.2 Å². The molecule has 0 fully saturated rings. The average Bonchev–Trinajstić information content (AvgIpc) is 2.48. The van der Waals surface area contributed by atoms with Crippen molar-refractivity contribution < 1.29 is 9.47 Å². The van der Waals surface area contributed by atoms with E-state index in [0.29, 0.717) is 13.1 Å². The molecule has 0 aliphatic heterocycles. The second-order valence-electron chi connectivity index (χ2n) is 4.23. The molecule has 1 atom stereocenters. The molecule has 20 heavy (non-hydrogen) atoms. The van der Waals surface area contributed by atoms with Crippen molar-refractivity contribution in [2.24, 2.45) is 4.99 Å². The smallest absolute Gasteiger partial charge is 0.191 e. The molecule has 0 spiro atoms. The molecule has 1 aromatic carbocycles. The van der Waals surface area contributed by atoms with Crippen LogP contribution in [0, 0.1) is 0 Å². The lowest BCUT2D eigenvalue weighted by atomic mass is 10.3. The summed E-state index contributed by atoms with van der Waals surface area (Å²) in [6, 6.07) is 7.53. The number of rotatable bonds is 7. The number of guanidine groups is 1. The van der Waals surface area contributed by atoms with Crippen LogP contribution in [0.4, 0.5) is 0 Å². The molecule has 0 bridgehead atoms. The van der Waals surface area contributed by atoms with Crippen molar-refractivity contribution in [3.63, 3.8) is 0 Å². The highest BCUT2D eigenvalue weighted by atomic mass is 16.5. The Morgan fingerprint density at radius 3 is 2.50 bits per heavy atom. The molecule has 0 amide bonds. The zero-order valence-electron chi connectivity index (χ0n) is 12.3. The van der Waals surface area contributed by atoms with Crippen molar-refractivity contribution >= 4 is 5.96 Å². The van der Waals surface area contributed by atoms with Gasteiger partial charge in [-0.1, -0.05) is 6.08 Å². The van der Waals surface area contributed by atoms with E-state index >= 15 is 0 Å². The van der Waals surface area contributed by atoms with Crippen molar-refractivity contribution in [3.8, 4) is 11.5 Å². The predicted octanol–water partition coefficient (Wildman–Crippen LogP) is 1.81. The first-order chi connectivity index (χ1) is 9.69. The fraction of sp³-hybridized carbons (Fsp3) is 0.400. The third-order valence-corrected chi connectivity index (χ3v) is 2.59. The Morgan fingerprint density at radius 2 is 1.95 bits per heavy atom. The van der Waals surface area contributed by atoms with Gasteiger partial charge < -0.3 is 20.1 Å². The van der Waals surface area contributed by atoms with Crippen molar-refractivity contribution in [3.05, 3.63) is 36.9 Å². The van der Waals surface area contributed by atoms with Crippen LogP contribution < -0.4 is 20.1 Å². The van der Waals surface area contributed by atoms with Crippen molar-refractivity contribution in [1.82, 2.24) is 10.6 Å². The number of nitrogens with zero attached hydrogens (tertiary/aromatic N) is 1. The van der Waals surface area contributed by atoms with Crippen LogP contribution in [0.5, 0.6) is 11.5 Å². The van der Waals surface area contributed by atoms with Crippen LogP contribution in [0.3, 0.4) is 0 Å². The maximum atomic E-state index is 5.79. The van der Waals surface area contributed by atoms with Crippen LogP contribution in [0.1, 0.15) is 6.92 Å². The molecule has 0 saturated heterocycles. The molecule has 0 saturated carbocycles. The first-order valence-corrected chi connectivity index (χ1v) is 6.55. The predicted molar refractivity (Wildman–Crippen MR) is 82.6 cm³/mol. The molecule has 0 heterocycles. The second-order valence-corrected chi connectivity index (χ2v) is 4.23. The largest absolute Gasteiger partial charge is 0.497 e. The number of ether oxygens (including phenoxy) is 2. The second kappa shape index (κ2) is 8.85. The molecular formula is C15H23N3O2. The molecule has 110 valence electrons. The van der Waals surface area contributed by atoms with E-state index in [4.69, 9.17) is 9.47 Å². The van der Waals surface area contributed by atoms with E-state index in [-0.39, 0.29) is 6.10 Å². The standard InChI is InChI=1S/C15H23N3O2/c1-5-10-17-15(16-3)18-11-12(2)20-14-8-6-13(19-4)7-9-14/h5-9,12H,1,10-11H2,2-4H3,(H2,16,17,18). The molecule has 5 heteroatoms. The summed E-state index contributed by atoms with van der Waals surface area (Å²) in [6.07, 6.45) is 1.80. The Bertz CT molecular complexity index is 429. The topological polar surface area (TPSA) is 54.9 Å². The first-order valence-electron chi connectivity index (χ1n) is 6.55. The van der Waals surface area contributed by atoms with Crippen LogP contribution in [0.25, 0.3) is 0 Å². The molecule has 0 aliphatic carbocycles. The fourth-order valence-electron chi connectivity index (χ4n) is 1.56. The van der Waals surface area contributed by atoms with Gasteiger partial charge in [-0.3, -0.25) is 4.99 Å². The Morgan fingerprint density at radius 1 is 1.30 bits per heavy atom. The van der Waals surface area contributed by atoms with Gasteiger partial charge in [0.2, 0.25) is 0 Å². The summed E-state index contributed by atoms with van der Waals surface area (Å²) in [5.74, 6) is 2.36. The summed E-state index contributed by atoms with van der Waals surface area (Å²) in [5, 5.41) is 6.29. The normalized spacial score (nSPS) is 12.4. The lowest BCUT2D eigenvalue weighted by Gasteiger charge is -2.17. The van der Waals surface area contributed by atoms with Gasteiger partial charge in [0, 0.05) is 13.6 Å². The highest BCUT2D eigenvalue weighted by Gasteiger charge is 2.05. The molecule has 1 aromatic rings. The first kappa shape index (κ1) is 15.9. The molecule has 5 nitrogen and oxygen atoms in total. The highest BCUT2D eigenvalue weighted by Crippen LogP contribution is 2.17. The zero-order chi connectivity index (χ0) is 14.8. The van der Waals surface area contributed by atoms with Crippen LogP contribution in [0.15, 0.2) is 41.9 Å². The lowest BCUT2D eigenvalue weighted by Crippen LogP contribution is -2.41. The third-order valence-electron chi connectivity index (χ3n) is 2.59. The number of hydrogen-bond donors (Lipinski definition) is 2. The Labute approximate surface area is 120 Å². The lowest BCUT2D eigenvalue weighted by molar-refractivity contribution is 0.223.